The first-order valence-corrected chi connectivity index (χ1v) is 7.82. The van der Waals surface area contributed by atoms with Crippen LogP contribution in [-0.2, 0) is 14.3 Å². The summed E-state index contributed by atoms with van der Waals surface area (Å²) in [5.41, 5.74) is 0.820. The van der Waals surface area contributed by atoms with E-state index in [-0.39, 0.29) is 30.8 Å². The highest BCUT2D eigenvalue weighted by Gasteiger charge is 2.21. The van der Waals surface area contributed by atoms with Crippen molar-refractivity contribution in [3.63, 3.8) is 0 Å². The van der Waals surface area contributed by atoms with E-state index in [4.69, 9.17) is 14.6 Å². The van der Waals surface area contributed by atoms with Crippen LogP contribution in [0, 0.1) is 0 Å². The maximum atomic E-state index is 12.1. The molecule has 0 saturated carbocycles. The third-order valence-electron chi connectivity index (χ3n) is 3.99. The van der Waals surface area contributed by atoms with Crippen LogP contribution in [0.5, 0.6) is 5.75 Å². The predicted molar refractivity (Wildman–Crippen MR) is 84.6 cm³/mol. The van der Waals surface area contributed by atoms with Crippen LogP contribution in [0.1, 0.15) is 37.2 Å². The lowest BCUT2D eigenvalue weighted by molar-refractivity contribution is -0.137. The number of aliphatic carboxylic acids is 1. The van der Waals surface area contributed by atoms with E-state index < -0.39 is 5.97 Å². The average molecular weight is 321 g/mol. The van der Waals surface area contributed by atoms with Crippen molar-refractivity contribution in [3.8, 4) is 5.75 Å². The minimum Gasteiger partial charge on any atom is -0.497 e. The van der Waals surface area contributed by atoms with Crippen molar-refractivity contribution in [1.82, 2.24) is 5.32 Å². The Morgan fingerprint density at radius 3 is 2.65 bits per heavy atom. The monoisotopic (exact) mass is 321 g/mol. The fraction of sp³-hybridized carbons (Fsp3) is 0.529. The minimum absolute atomic E-state index is 0.0814. The summed E-state index contributed by atoms with van der Waals surface area (Å²) in [5.74, 6) is -0.728. The Bertz CT molecular complexity index is 522. The molecule has 1 saturated heterocycles. The first-order chi connectivity index (χ1) is 11.1. The average Bonchev–Trinajstić information content (AvgIpc) is 3.05. The van der Waals surface area contributed by atoms with E-state index in [1.165, 1.54) is 0 Å². The molecule has 0 aromatic heterocycles. The molecular weight excluding hydrogens is 298 g/mol. The molecule has 1 aromatic carbocycles. The number of amides is 1. The number of ether oxygens (including phenoxy) is 2. The van der Waals surface area contributed by atoms with E-state index in [0.29, 0.717) is 12.3 Å². The molecule has 2 N–H and O–H groups in total. The third-order valence-corrected chi connectivity index (χ3v) is 3.99. The van der Waals surface area contributed by atoms with E-state index in [9.17, 15) is 9.59 Å². The number of rotatable bonds is 8. The van der Waals surface area contributed by atoms with Gasteiger partial charge in [0.2, 0.25) is 5.91 Å². The van der Waals surface area contributed by atoms with Gasteiger partial charge in [0.25, 0.3) is 0 Å². The second kappa shape index (κ2) is 8.53. The Hall–Kier alpha value is -2.08. The van der Waals surface area contributed by atoms with Gasteiger partial charge in [-0.25, -0.2) is 0 Å². The number of benzene rings is 1. The smallest absolute Gasteiger partial charge is 0.303 e. The van der Waals surface area contributed by atoms with Crippen LogP contribution in [0.3, 0.4) is 0 Å². The van der Waals surface area contributed by atoms with Crippen LogP contribution >= 0.6 is 0 Å². The van der Waals surface area contributed by atoms with Crippen molar-refractivity contribution in [2.24, 2.45) is 0 Å². The molecule has 1 fully saturated rings. The molecule has 6 heteroatoms. The molecule has 1 heterocycles. The first kappa shape index (κ1) is 17.3. The van der Waals surface area contributed by atoms with Gasteiger partial charge in [-0.05, 0) is 30.5 Å². The van der Waals surface area contributed by atoms with Crippen molar-refractivity contribution < 1.29 is 24.2 Å². The summed E-state index contributed by atoms with van der Waals surface area (Å²) in [6, 6.07) is 7.16. The highest BCUT2D eigenvalue weighted by atomic mass is 16.5. The fourth-order valence-electron chi connectivity index (χ4n) is 2.72. The molecule has 0 aliphatic carbocycles. The third kappa shape index (κ3) is 5.56. The lowest BCUT2D eigenvalue weighted by atomic mass is 9.92. The van der Waals surface area contributed by atoms with Crippen LogP contribution in [-0.4, -0.2) is 43.3 Å². The SMILES string of the molecule is COc1ccc([C@@H](CC(=O)O)CC(=O)NC[C@@H]2CCCO2)cc1. The van der Waals surface area contributed by atoms with Gasteiger partial charge in [0, 0.05) is 25.5 Å². The van der Waals surface area contributed by atoms with E-state index in [1.54, 1.807) is 31.4 Å². The second-order valence-corrected chi connectivity index (χ2v) is 5.71. The Morgan fingerprint density at radius 1 is 1.35 bits per heavy atom. The molecule has 2 rings (SSSR count). The molecule has 1 aromatic rings. The minimum atomic E-state index is -0.919. The molecule has 0 spiro atoms. The van der Waals surface area contributed by atoms with Crippen molar-refractivity contribution in [1.29, 1.82) is 0 Å². The molecule has 0 unspecified atom stereocenters. The molecule has 1 aliphatic rings. The molecule has 6 nitrogen and oxygen atoms in total. The summed E-state index contributed by atoms with van der Waals surface area (Å²) in [4.78, 5) is 23.2. The Labute approximate surface area is 135 Å². The van der Waals surface area contributed by atoms with Gasteiger partial charge >= 0.3 is 5.97 Å². The quantitative estimate of drug-likeness (QED) is 0.764. The highest BCUT2D eigenvalue weighted by Crippen LogP contribution is 2.25. The van der Waals surface area contributed by atoms with E-state index in [0.717, 1.165) is 25.0 Å². The zero-order valence-electron chi connectivity index (χ0n) is 13.3. The zero-order valence-corrected chi connectivity index (χ0v) is 13.3. The number of carbonyl (C=O) groups is 2. The number of nitrogens with one attached hydrogen (secondary N) is 1. The number of carboxylic acid groups (broad SMARTS) is 1. The van der Waals surface area contributed by atoms with Gasteiger partial charge in [0.05, 0.1) is 19.6 Å². The van der Waals surface area contributed by atoms with Crippen LogP contribution in [0.2, 0.25) is 0 Å². The van der Waals surface area contributed by atoms with Gasteiger partial charge in [-0.3, -0.25) is 9.59 Å². The molecule has 0 bridgehead atoms. The van der Waals surface area contributed by atoms with Crippen LogP contribution in [0.15, 0.2) is 24.3 Å². The van der Waals surface area contributed by atoms with Crippen LogP contribution in [0.25, 0.3) is 0 Å². The lowest BCUT2D eigenvalue weighted by Gasteiger charge is -2.17. The van der Waals surface area contributed by atoms with Crippen molar-refractivity contribution in [2.45, 2.75) is 37.7 Å². The zero-order chi connectivity index (χ0) is 16.7. The Balaban J connectivity index is 1.93. The van der Waals surface area contributed by atoms with Crippen LogP contribution in [0.4, 0.5) is 0 Å². The van der Waals surface area contributed by atoms with Gasteiger partial charge in [0.15, 0.2) is 0 Å². The van der Waals surface area contributed by atoms with E-state index >= 15 is 0 Å². The number of carboxylic acids is 1. The summed E-state index contributed by atoms with van der Waals surface area (Å²) in [7, 11) is 1.57. The standard InChI is InChI=1S/C17H23NO5/c1-22-14-6-4-12(5-7-14)13(10-17(20)21)9-16(19)18-11-15-3-2-8-23-15/h4-7,13,15H,2-3,8-11H2,1H3,(H,18,19)(H,20,21)/t13-,15+/m1/s1. The number of carbonyl (C=O) groups excluding carboxylic acids is 1. The van der Waals surface area contributed by atoms with Gasteiger partial charge in [-0.2, -0.15) is 0 Å². The fourth-order valence-corrected chi connectivity index (χ4v) is 2.72. The lowest BCUT2D eigenvalue weighted by Crippen LogP contribution is -2.32. The summed E-state index contributed by atoms with van der Waals surface area (Å²) in [5, 5.41) is 11.9. The normalized spacial score (nSPS) is 18.4. The van der Waals surface area contributed by atoms with Crippen molar-refractivity contribution in [2.75, 3.05) is 20.3 Å². The largest absolute Gasteiger partial charge is 0.497 e. The molecular formula is C17H23NO5. The van der Waals surface area contributed by atoms with Gasteiger partial charge in [-0.1, -0.05) is 12.1 Å². The molecule has 2 atom stereocenters. The maximum Gasteiger partial charge on any atom is 0.303 e. The Morgan fingerprint density at radius 2 is 2.09 bits per heavy atom. The Kier molecular flexibility index (Phi) is 6.40. The highest BCUT2D eigenvalue weighted by molar-refractivity contribution is 5.78. The van der Waals surface area contributed by atoms with Crippen LogP contribution < -0.4 is 10.1 Å². The number of hydrogen-bond donors (Lipinski definition) is 2. The maximum absolute atomic E-state index is 12.1. The van der Waals surface area contributed by atoms with Gasteiger partial charge in [-0.15, -0.1) is 0 Å². The molecule has 0 radical (unpaired) electrons. The molecule has 1 aliphatic heterocycles. The predicted octanol–water partition coefficient (Wildman–Crippen LogP) is 1.94. The van der Waals surface area contributed by atoms with Crippen molar-refractivity contribution >= 4 is 11.9 Å². The number of methoxy groups -OCH3 is 1. The summed E-state index contributed by atoms with van der Waals surface area (Å²) >= 11 is 0. The number of hydrogen-bond acceptors (Lipinski definition) is 4. The van der Waals surface area contributed by atoms with Crippen molar-refractivity contribution in [3.05, 3.63) is 29.8 Å². The molecule has 126 valence electrons. The summed E-state index contributed by atoms with van der Waals surface area (Å²) < 4.78 is 10.6. The molecule has 23 heavy (non-hydrogen) atoms. The summed E-state index contributed by atoms with van der Waals surface area (Å²) in [6.45, 7) is 1.23. The van der Waals surface area contributed by atoms with E-state index in [1.807, 2.05) is 0 Å². The molecule has 1 amide bonds. The van der Waals surface area contributed by atoms with Gasteiger partial charge in [0.1, 0.15) is 5.75 Å². The second-order valence-electron chi connectivity index (χ2n) is 5.71. The first-order valence-electron chi connectivity index (χ1n) is 7.82. The van der Waals surface area contributed by atoms with E-state index in [2.05, 4.69) is 5.32 Å². The summed E-state index contributed by atoms with van der Waals surface area (Å²) in [6.07, 6.45) is 2.12. The topological polar surface area (TPSA) is 84.9 Å². The van der Waals surface area contributed by atoms with Gasteiger partial charge < -0.3 is 19.9 Å².